The minimum absolute atomic E-state index is 0.227. The monoisotopic (exact) mass is 495 g/mol. The van der Waals surface area contributed by atoms with Crippen molar-refractivity contribution < 1.29 is 9.53 Å². The maximum atomic E-state index is 12.6. The Morgan fingerprint density at radius 1 is 1.13 bits per heavy atom. The lowest BCUT2D eigenvalue weighted by Crippen LogP contribution is -2.48. The van der Waals surface area contributed by atoms with Gasteiger partial charge in [0.25, 0.3) is 0 Å². The number of carbonyl (C=O) groups is 1. The summed E-state index contributed by atoms with van der Waals surface area (Å²) in [4.78, 5) is 22.7. The standard InChI is InChI=1S/C22H23Cl2N3O2S2/c1-29-18-9-8-17(24)21-20(18)25-22(31-21)27-12-10-26(11-13-27)19(28)3-2-14-30-16-6-4-15(23)5-7-16/h4-9H,2-3,10-14H2,1H3. The molecular weight excluding hydrogens is 473 g/mol. The highest BCUT2D eigenvalue weighted by molar-refractivity contribution is 7.99. The third-order valence-corrected chi connectivity index (χ3v) is 8.11. The van der Waals surface area contributed by atoms with Crippen LogP contribution in [0.4, 0.5) is 5.13 Å². The Balaban J connectivity index is 1.26. The van der Waals surface area contributed by atoms with Gasteiger partial charge in [0.05, 0.1) is 16.8 Å². The Morgan fingerprint density at radius 2 is 1.87 bits per heavy atom. The van der Waals surface area contributed by atoms with Crippen LogP contribution < -0.4 is 9.64 Å². The van der Waals surface area contributed by atoms with Gasteiger partial charge in [-0.15, -0.1) is 11.8 Å². The average molecular weight is 496 g/mol. The second-order valence-corrected chi connectivity index (χ2v) is 10.2. The van der Waals surface area contributed by atoms with Crippen molar-refractivity contribution in [3.8, 4) is 5.75 Å². The number of benzene rings is 2. The summed E-state index contributed by atoms with van der Waals surface area (Å²) in [7, 11) is 1.64. The van der Waals surface area contributed by atoms with E-state index < -0.39 is 0 Å². The van der Waals surface area contributed by atoms with Crippen LogP contribution in [0.25, 0.3) is 10.2 Å². The number of fused-ring (bicyclic) bond motifs is 1. The number of halogens is 2. The number of carbonyl (C=O) groups excluding carboxylic acids is 1. The highest BCUT2D eigenvalue weighted by atomic mass is 35.5. The lowest BCUT2D eigenvalue weighted by Gasteiger charge is -2.34. The van der Waals surface area contributed by atoms with E-state index in [1.165, 1.54) is 4.90 Å². The highest BCUT2D eigenvalue weighted by Gasteiger charge is 2.24. The van der Waals surface area contributed by atoms with Gasteiger partial charge in [0.1, 0.15) is 11.3 Å². The van der Waals surface area contributed by atoms with Crippen LogP contribution in [0.1, 0.15) is 12.8 Å². The lowest BCUT2D eigenvalue weighted by molar-refractivity contribution is -0.131. The average Bonchev–Trinajstić information content (AvgIpc) is 3.25. The molecule has 5 nitrogen and oxygen atoms in total. The third kappa shape index (κ3) is 5.40. The van der Waals surface area contributed by atoms with Crippen LogP contribution in [0, 0.1) is 0 Å². The van der Waals surface area contributed by atoms with Crippen molar-refractivity contribution in [2.24, 2.45) is 0 Å². The van der Waals surface area contributed by atoms with Gasteiger partial charge < -0.3 is 14.5 Å². The smallest absolute Gasteiger partial charge is 0.222 e. The molecule has 0 bridgehead atoms. The Bertz CT molecular complexity index is 1050. The van der Waals surface area contributed by atoms with Crippen LogP contribution in [0.5, 0.6) is 5.75 Å². The van der Waals surface area contributed by atoms with E-state index in [2.05, 4.69) is 4.90 Å². The molecule has 2 heterocycles. The largest absolute Gasteiger partial charge is 0.494 e. The van der Waals surface area contributed by atoms with Crippen LogP contribution in [0.15, 0.2) is 41.3 Å². The number of amides is 1. The van der Waals surface area contributed by atoms with Gasteiger partial charge in [-0.25, -0.2) is 4.98 Å². The van der Waals surface area contributed by atoms with Gasteiger partial charge in [-0.1, -0.05) is 34.5 Å². The summed E-state index contributed by atoms with van der Waals surface area (Å²) in [6.07, 6.45) is 1.44. The number of rotatable bonds is 7. The summed E-state index contributed by atoms with van der Waals surface area (Å²) in [6, 6.07) is 11.5. The quantitative estimate of drug-likeness (QED) is 0.304. The Kier molecular flexibility index (Phi) is 7.48. The molecule has 1 amide bonds. The molecule has 164 valence electrons. The SMILES string of the molecule is COc1ccc(Cl)c2sc(N3CCN(C(=O)CCCSc4ccc(Cl)cc4)CC3)nc12. The zero-order chi connectivity index (χ0) is 21.8. The van der Waals surface area contributed by atoms with E-state index in [1.54, 1.807) is 30.2 Å². The Hall–Kier alpha value is -1.67. The first-order valence-electron chi connectivity index (χ1n) is 10.1. The van der Waals surface area contributed by atoms with E-state index in [0.717, 1.165) is 51.4 Å². The summed E-state index contributed by atoms with van der Waals surface area (Å²) >= 11 is 15.6. The molecule has 0 unspecified atom stereocenters. The predicted octanol–water partition coefficient (Wildman–Crippen LogP) is 5.83. The Labute approximate surface area is 200 Å². The zero-order valence-corrected chi connectivity index (χ0v) is 20.3. The maximum absolute atomic E-state index is 12.6. The van der Waals surface area contributed by atoms with E-state index in [1.807, 2.05) is 41.3 Å². The van der Waals surface area contributed by atoms with Gasteiger partial charge in [0.2, 0.25) is 5.91 Å². The molecule has 2 aromatic carbocycles. The van der Waals surface area contributed by atoms with Crippen molar-refractivity contribution in [3.05, 3.63) is 46.4 Å². The molecule has 1 saturated heterocycles. The number of thiazole rings is 1. The van der Waals surface area contributed by atoms with Gasteiger partial charge in [0.15, 0.2) is 5.13 Å². The molecule has 1 aliphatic rings. The minimum atomic E-state index is 0.227. The Morgan fingerprint density at radius 3 is 2.58 bits per heavy atom. The molecular formula is C22H23Cl2N3O2S2. The van der Waals surface area contributed by atoms with Crippen LogP contribution in [0.3, 0.4) is 0 Å². The van der Waals surface area contributed by atoms with Gasteiger partial charge in [-0.3, -0.25) is 4.79 Å². The number of anilines is 1. The molecule has 0 N–H and O–H groups in total. The van der Waals surface area contributed by atoms with Crippen molar-refractivity contribution >= 4 is 67.6 Å². The van der Waals surface area contributed by atoms with E-state index in [9.17, 15) is 4.79 Å². The fourth-order valence-corrected chi connectivity index (χ4v) is 5.78. The van der Waals surface area contributed by atoms with Gasteiger partial charge in [0, 0.05) is 42.5 Å². The summed E-state index contributed by atoms with van der Waals surface area (Å²) in [5.41, 5.74) is 0.798. The maximum Gasteiger partial charge on any atom is 0.222 e. The second-order valence-electron chi connectivity index (χ2n) is 7.20. The van der Waals surface area contributed by atoms with Crippen LogP contribution in [-0.4, -0.2) is 54.8 Å². The molecule has 4 rings (SSSR count). The first-order chi connectivity index (χ1) is 15.0. The van der Waals surface area contributed by atoms with Crippen LogP contribution in [-0.2, 0) is 4.79 Å². The number of ether oxygens (including phenoxy) is 1. The summed E-state index contributed by atoms with van der Waals surface area (Å²) in [6.45, 7) is 2.96. The fourth-order valence-electron chi connectivity index (χ4n) is 3.49. The molecule has 0 radical (unpaired) electrons. The van der Waals surface area contributed by atoms with E-state index in [4.69, 9.17) is 32.9 Å². The number of hydrogen-bond donors (Lipinski definition) is 0. The molecule has 1 aliphatic heterocycles. The number of piperazine rings is 1. The zero-order valence-electron chi connectivity index (χ0n) is 17.1. The molecule has 0 saturated carbocycles. The van der Waals surface area contributed by atoms with Gasteiger partial charge >= 0.3 is 0 Å². The topological polar surface area (TPSA) is 45.7 Å². The van der Waals surface area contributed by atoms with Gasteiger partial charge in [-0.2, -0.15) is 0 Å². The normalized spacial score (nSPS) is 14.3. The van der Waals surface area contributed by atoms with E-state index in [-0.39, 0.29) is 5.91 Å². The van der Waals surface area contributed by atoms with Crippen molar-refractivity contribution in [3.63, 3.8) is 0 Å². The first-order valence-corrected chi connectivity index (χ1v) is 12.6. The molecule has 0 aliphatic carbocycles. The summed E-state index contributed by atoms with van der Waals surface area (Å²) in [5, 5.41) is 2.35. The van der Waals surface area contributed by atoms with Crippen molar-refractivity contribution in [2.45, 2.75) is 17.7 Å². The number of thioether (sulfide) groups is 1. The molecule has 0 spiro atoms. The molecule has 0 atom stereocenters. The van der Waals surface area contributed by atoms with Crippen molar-refractivity contribution in [1.29, 1.82) is 0 Å². The molecule has 1 aromatic heterocycles. The summed E-state index contributed by atoms with van der Waals surface area (Å²) < 4.78 is 6.36. The first kappa shape index (κ1) is 22.5. The van der Waals surface area contributed by atoms with E-state index in [0.29, 0.717) is 24.5 Å². The number of hydrogen-bond acceptors (Lipinski definition) is 6. The van der Waals surface area contributed by atoms with E-state index >= 15 is 0 Å². The lowest BCUT2D eigenvalue weighted by atomic mass is 10.2. The second kappa shape index (κ2) is 10.3. The number of methoxy groups -OCH3 is 1. The van der Waals surface area contributed by atoms with Crippen molar-refractivity contribution in [2.75, 3.05) is 43.9 Å². The predicted molar refractivity (Wildman–Crippen MR) is 131 cm³/mol. The molecule has 31 heavy (non-hydrogen) atoms. The van der Waals surface area contributed by atoms with Crippen LogP contribution >= 0.6 is 46.3 Å². The number of nitrogens with zero attached hydrogens (tertiary/aromatic N) is 3. The highest BCUT2D eigenvalue weighted by Crippen LogP contribution is 2.38. The molecule has 1 fully saturated rings. The third-order valence-electron chi connectivity index (χ3n) is 5.19. The molecule has 3 aromatic rings. The number of aromatic nitrogens is 1. The summed E-state index contributed by atoms with van der Waals surface area (Å²) in [5.74, 6) is 1.87. The minimum Gasteiger partial charge on any atom is -0.494 e. The van der Waals surface area contributed by atoms with Crippen molar-refractivity contribution in [1.82, 2.24) is 9.88 Å². The fraction of sp³-hybridized carbons (Fsp3) is 0.364. The molecule has 9 heteroatoms. The van der Waals surface area contributed by atoms with Crippen LogP contribution in [0.2, 0.25) is 10.0 Å². The van der Waals surface area contributed by atoms with Gasteiger partial charge in [-0.05, 0) is 48.6 Å².